The number of benzene rings is 1. The van der Waals surface area contributed by atoms with E-state index in [1.165, 1.54) is 6.33 Å². The Bertz CT molecular complexity index is 802. The van der Waals surface area contributed by atoms with Crippen molar-refractivity contribution in [2.24, 2.45) is 0 Å². The predicted molar refractivity (Wildman–Crippen MR) is 83.1 cm³/mol. The quantitative estimate of drug-likeness (QED) is 0.577. The molecule has 3 rings (SSSR count). The number of rotatable bonds is 4. The van der Waals surface area contributed by atoms with Crippen LogP contribution >= 0.6 is 7.82 Å². The Morgan fingerprint density at radius 1 is 1.25 bits per heavy atom. The van der Waals surface area contributed by atoms with E-state index in [0.717, 1.165) is 22.2 Å². The molecule has 0 saturated carbocycles. The highest BCUT2D eigenvalue weighted by Gasteiger charge is 2.44. The maximum Gasteiger partial charge on any atom is 0.469 e. The molecule has 1 saturated heterocycles. The predicted octanol–water partition coefficient (Wildman–Crippen LogP) is 0.382. The summed E-state index contributed by atoms with van der Waals surface area (Å²) in [6.07, 6.45) is -3.13. The van der Waals surface area contributed by atoms with Gasteiger partial charge in [0.15, 0.2) is 6.23 Å². The van der Waals surface area contributed by atoms with Crippen LogP contribution in [0.1, 0.15) is 17.4 Å². The normalized spacial score (nSPS) is 27.9. The smallest absolute Gasteiger partial charge is 0.387 e. The molecule has 2 aromatic rings. The Morgan fingerprint density at radius 3 is 2.58 bits per heavy atom. The lowest BCUT2D eigenvalue weighted by Gasteiger charge is -2.17. The minimum atomic E-state index is -4.69. The van der Waals surface area contributed by atoms with Gasteiger partial charge in [0.2, 0.25) is 0 Å². The van der Waals surface area contributed by atoms with Crippen LogP contribution in [0.15, 0.2) is 18.5 Å². The number of imidazole rings is 1. The van der Waals surface area contributed by atoms with Crippen molar-refractivity contribution in [1.82, 2.24) is 9.55 Å². The van der Waals surface area contributed by atoms with Crippen LogP contribution in [0, 0.1) is 13.8 Å². The summed E-state index contributed by atoms with van der Waals surface area (Å²) in [4.78, 5) is 21.8. The van der Waals surface area contributed by atoms with E-state index in [2.05, 4.69) is 9.51 Å². The molecule has 4 unspecified atom stereocenters. The van der Waals surface area contributed by atoms with Gasteiger partial charge < -0.3 is 29.3 Å². The van der Waals surface area contributed by atoms with Crippen molar-refractivity contribution in [3.63, 3.8) is 0 Å². The second kappa shape index (κ2) is 6.20. The van der Waals surface area contributed by atoms with Gasteiger partial charge in [0.05, 0.1) is 24.0 Å². The summed E-state index contributed by atoms with van der Waals surface area (Å²) in [5.41, 5.74) is 3.57. The van der Waals surface area contributed by atoms with Crippen molar-refractivity contribution in [1.29, 1.82) is 0 Å². The zero-order valence-electron chi connectivity index (χ0n) is 13.1. The highest BCUT2D eigenvalue weighted by molar-refractivity contribution is 7.46. The number of phosphoric ester groups is 1. The van der Waals surface area contributed by atoms with Gasteiger partial charge in [-0.3, -0.25) is 4.52 Å². The summed E-state index contributed by atoms with van der Waals surface area (Å²) >= 11 is 0. The molecule has 1 aromatic carbocycles. The summed E-state index contributed by atoms with van der Waals surface area (Å²) in [6.45, 7) is 3.38. The zero-order chi connectivity index (χ0) is 17.6. The highest BCUT2D eigenvalue weighted by atomic mass is 31.2. The van der Waals surface area contributed by atoms with E-state index in [0.29, 0.717) is 0 Å². The molecule has 0 aliphatic carbocycles. The molecule has 24 heavy (non-hydrogen) atoms. The minimum Gasteiger partial charge on any atom is -0.387 e. The number of hydrogen-bond donors (Lipinski definition) is 4. The van der Waals surface area contributed by atoms with Gasteiger partial charge in [0, 0.05) is 0 Å². The number of phosphoric acid groups is 1. The van der Waals surface area contributed by atoms with E-state index in [1.807, 2.05) is 26.0 Å². The first kappa shape index (κ1) is 17.5. The number of hydrogen-bond acceptors (Lipinski definition) is 6. The molecule has 0 bridgehead atoms. The monoisotopic (exact) mass is 358 g/mol. The van der Waals surface area contributed by atoms with Crippen LogP contribution in [0.3, 0.4) is 0 Å². The van der Waals surface area contributed by atoms with Gasteiger partial charge in [-0.1, -0.05) is 0 Å². The maximum absolute atomic E-state index is 10.8. The largest absolute Gasteiger partial charge is 0.469 e. The van der Waals surface area contributed by atoms with Crippen molar-refractivity contribution in [2.45, 2.75) is 38.4 Å². The lowest BCUT2D eigenvalue weighted by atomic mass is 10.1. The van der Waals surface area contributed by atoms with Crippen LogP contribution in [0.4, 0.5) is 0 Å². The minimum absolute atomic E-state index is 0.538. The van der Waals surface area contributed by atoms with Crippen molar-refractivity contribution in [3.8, 4) is 0 Å². The van der Waals surface area contributed by atoms with Gasteiger partial charge in [-0.2, -0.15) is 0 Å². The van der Waals surface area contributed by atoms with Crippen molar-refractivity contribution in [2.75, 3.05) is 6.61 Å². The van der Waals surface area contributed by atoms with E-state index in [9.17, 15) is 14.8 Å². The molecule has 4 N–H and O–H groups in total. The number of aryl methyl sites for hydroxylation is 2. The molecule has 1 aliphatic heterocycles. The Hall–Kier alpha value is -1.32. The fourth-order valence-corrected chi connectivity index (χ4v) is 3.09. The average Bonchev–Trinajstić information content (AvgIpc) is 3.00. The molecule has 4 atom stereocenters. The summed E-state index contributed by atoms with van der Waals surface area (Å²) in [7, 11) is -4.69. The number of aliphatic hydroxyl groups excluding tert-OH is 2. The Morgan fingerprint density at radius 2 is 1.92 bits per heavy atom. The topological polar surface area (TPSA) is 134 Å². The third-order valence-electron chi connectivity index (χ3n) is 4.21. The van der Waals surface area contributed by atoms with Gasteiger partial charge >= 0.3 is 7.82 Å². The molecular weight excluding hydrogens is 339 g/mol. The number of aliphatic hydroxyl groups is 2. The molecule has 0 spiro atoms. The molecule has 132 valence electrons. The molecule has 2 heterocycles. The fraction of sp³-hybridized carbons (Fsp3) is 0.500. The lowest BCUT2D eigenvalue weighted by Crippen LogP contribution is -2.33. The van der Waals surface area contributed by atoms with Crippen molar-refractivity contribution >= 4 is 18.9 Å². The number of aromatic nitrogens is 2. The third-order valence-corrected chi connectivity index (χ3v) is 4.69. The lowest BCUT2D eigenvalue weighted by molar-refractivity contribution is -0.0501. The van der Waals surface area contributed by atoms with Crippen LogP contribution in [0.5, 0.6) is 0 Å². The first-order valence-electron chi connectivity index (χ1n) is 7.33. The summed E-state index contributed by atoms with van der Waals surface area (Å²) < 4.78 is 22.3. The third kappa shape index (κ3) is 3.25. The van der Waals surface area contributed by atoms with Crippen LogP contribution < -0.4 is 0 Å². The molecule has 0 amide bonds. The Labute approximate surface area is 137 Å². The van der Waals surface area contributed by atoms with Crippen LogP contribution in [-0.4, -0.2) is 54.5 Å². The van der Waals surface area contributed by atoms with Gasteiger partial charge in [-0.05, 0) is 37.1 Å². The van der Waals surface area contributed by atoms with E-state index in [4.69, 9.17) is 14.5 Å². The van der Waals surface area contributed by atoms with Gasteiger partial charge in [-0.15, -0.1) is 0 Å². The van der Waals surface area contributed by atoms with Crippen LogP contribution in [-0.2, 0) is 13.8 Å². The summed E-state index contributed by atoms with van der Waals surface area (Å²) in [5, 5.41) is 20.3. The molecule has 1 aliphatic rings. The Balaban J connectivity index is 1.87. The molecule has 9 nitrogen and oxygen atoms in total. The first-order chi connectivity index (χ1) is 11.2. The van der Waals surface area contributed by atoms with Crippen molar-refractivity contribution in [3.05, 3.63) is 29.6 Å². The zero-order valence-corrected chi connectivity index (χ0v) is 14.0. The van der Waals surface area contributed by atoms with E-state index < -0.39 is 39.0 Å². The maximum atomic E-state index is 10.8. The SMILES string of the molecule is Cc1cc2ncn(C3OC(COP(=O)(O)O)C(O)C3O)c2cc1C. The van der Waals surface area contributed by atoms with E-state index in [1.54, 1.807) is 4.57 Å². The highest BCUT2D eigenvalue weighted by Crippen LogP contribution is 2.39. The van der Waals surface area contributed by atoms with Crippen LogP contribution in [0.2, 0.25) is 0 Å². The van der Waals surface area contributed by atoms with Gasteiger partial charge in [0.25, 0.3) is 0 Å². The molecule has 1 aromatic heterocycles. The van der Waals surface area contributed by atoms with Gasteiger partial charge in [0.1, 0.15) is 18.3 Å². The number of nitrogens with zero attached hydrogens (tertiary/aromatic N) is 2. The number of fused-ring (bicyclic) bond motifs is 1. The van der Waals surface area contributed by atoms with Crippen molar-refractivity contribution < 1.29 is 33.8 Å². The number of ether oxygens (including phenoxy) is 1. The molecule has 1 fully saturated rings. The molecular formula is C14H19N2O7P. The standard InChI is InChI=1S/C14H19N2O7P/c1-7-3-9-10(4-8(7)2)16(6-15-9)14-13(18)12(17)11(23-14)5-22-24(19,20)21/h3-4,6,11-14,17-18H,5H2,1-2H3,(H2,19,20,21). The van der Waals surface area contributed by atoms with Crippen LogP contribution in [0.25, 0.3) is 11.0 Å². The Kier molecular flexibility index (Phi) is 4.52. The second-order valence-corrected chi connectivity index (χ2v) is 7.15. The second-order valence-electron chi connectivity index (χ2n) is 5.91. The summed E-state index contributed by atoms with van der Waals surface area (Å²) in [5.74, 6) is 0. The van der Waals surface area contributed by atoms with E-state index in [-0.39, 0.29) is 0 Å². The fourth-order valence-electron chi connectivity index (χ4n) is 2.75. The average molecular weight is 358 g/mol. The van der Waals surface area contributed by atoms with Gasteiger partial charge in [-0.25, -0.2) is 9.55 Å². The molecule has 10 heteroatoms. The first-order valence-corrected chi connectivity index (χ1v) is 8.86. The van der Waals surface area contributed by atoms with E-state index >= 15 is 0 Å². The summed E-state index contributed by atoms with van der Waals surface area (Å²) in [6, 6.07) is 3.81. The molecule has 0 radical (unpaired) electrons.